The molecule has 0 saturated heterocycles. The summed E-state index contributed by atoms with van der Waals surface area (Å²) in [6.07, 6.45) is 0. The second-order valence-electron chi connectivity index (χ2n) is 5.78. The highest BCUT2D eigenvalue weighted by atomic mass is 32.2. The molecule has 2 aromatic heterocycles. The van der Waals surface area contributed by atoms with E-state index >= 15 is 0 Å². The molecule has 0 atom stereocenters. The molecular weight excluding hydrogens is 356 g/mol. The number of aromatic nitrogens is 2. The minimum atomic E-state index is -0.308. The van der Waals surface area contributed by atoms with E-state index in [0.29, 0.717) is 15.4 Å². The Kier molecular flexibility index (Phi) is 5.10. The molecule has 3 aromatic rings. The highest BCUT2D eigenvalue weighted by Gasteiger charge is 2.17. The maximum absolute atomic E-state index is 12.7. The van der Waals surface area contributed by atoms with E-state index in [2.05, 4.69) is 10.3 Å². The average Bonchev–Trinajstić information content (AvgIpc) is 3.01. The summed E-state index contributed by atoms with van der Waals surface area (Å²) in [6.45, 7) is 3.78. The molecule has 2 heterocycles. The predicted octanol–water partition coefficient (Wildman–Crippen LogP) is 2.46. The number of thiophene rings is 1. The highest BCUT2D eigenvalue weighted by molar-refractivity contribution is 7.99. The van der Waals surface area contributed by atoms with Gasteiger partial charge in [-0.2, -0.15) is 0 Å². The number of benzene rings is 1. The van der Waals surface area contributed by atoms with Gasteiger partial charge in [0, 0.05) is 17.0 Å². The van der Waals surface area contributed by atoms with Gasteiger partial charge >= 0.3 is 0 Å². The summed E-state index contributed by atoms with van der Waals surface area (Å²) in [7, 11) is 0. The molecule has 3 rings (SSSR count). The SMILES string of the molecule is CC(C)NC(=O)CSc1nc2scc(-c3ccccc3)c2c(=O)n1N. The molecular formula is C17H18N4O2S2. The molecule has 25 heavy (non-hydrogen) atoms. The van der Waals surface area contributed by atoms with Gasteiger partial charge in [0.05, 0.1) is 11.1 Å². The van der Waals surface area contributed by atoms with E-state index in [1.54, 1.807) is 0 Å². The number of nitrogens with one attached hydrogen (secondary N) is 1. The summed E-state index contributed by atoms with van der Waals surface area (Å²) in [4.78, 5) is 29.6. The lowest BCUT2D eigenvalue weighted by Gasteiger charge is -2.09. The molecule has 130 valence electrons. The summed E-state index contributed by atoms with van der Waals surface area (Å²) in [6, 6.07) is 9.72. The molecule has 0 fully saturated rings. The number of fused-ring (bicyclic) bond motifs is 1. The standard InChI is InChI=1S/C17H18N4O2S2/c1-10(2)19-13(22)9-25-17-20-15-14(16(23)21(17)18)12(8-24-15)11-6-4-3-5-7-11/h3-8,10H,9,18H2,1-2H3,(H,19,22). The van der Waals surface area contributed by atoms with Crippen LogP contribution in [0.4, 0.5) is 0 Å². The van der Waals surface area contributed by atoms with Gasteiger partial charge in [-0.05, 0) is 19.4 Å². The van der Waals surface area contributed by atoms with E-state index in [4.69, 9.17) is 5.84 Å². The van der Waals surface area contributed by atoms with Gasteiger partial charge in [0.1, 0.15) is 4.83 Å². The molecule has 0 aliphatic carbocycles. The Morgan fingerprint density at radius 3 is 2.76 bits per heavy atom. The smallest absolute Gasteiger partial charge is 0.282 e. The number of amides is 1. The van der Waals surface area contributed by atoms with Crippen molar-refractivity contribution in [2.75, 3.05) is 11.6 Å². The summed E-state index contributed by atoms with van der Waals surface area (Å²) in [5, 5.41) is 5.55. The van der Waals surface area contributed by atoms with Gasteiger partial charge in [-0.15, -0.1) is 11.3 Å². The average molecular weight is 374 g/mol. The molecule has 0 unspecified atom stereocenters. The van der Waals surface area contributed by atoms with Gasteiger partial charge in [-0.25, -0.2) is 9.66 Å². The number of carbonyl (C=O) groups is 1. The van der Waals surface area contributed by atoms with Crippen molar-refractivity contribution in [1.82, 2.24) is 15.0 Å². The Balaban J connectivity index is 1.95. The predicted molar refractivity (Wildman–Crippen MR) is 103 cm³/mol. The molecule has 1 amide bonds. The van der Waals surface area contributed by atoms with Gasteiger partial charge in [0.25, 0.3) is 5.56 Å². The first-order valence-corrected chi connectivity index (χ1v) is 9.61. The van der Waals surface area contributed by atoms with E-state index in [0.717, 1.165) is 27.6 Å². The second kappa shape index (κ2) is 7.28. The van der Waals surface area contributed by atoms with Crippen molar-refractivity contribution in [3.8, 4) is 11.1 Å². The zero-order chi connectivity index (χ0) is 18.0. The number of hydrogen-bond acceptors (Lipinski definition) is 6. The monoisotopic (exact) mass is 374 g/mol. The molecule has 3 N–H and O–H groups in total. The maximum atomic E-state index is 12.7. The van der Waals surface area contributed by atoms with Crippen LogP contribution >= 0.6 is 23.1 Å². The Labute approximate surface area is 153 Å². The van der Waals surface area contributed by atoms with E-state index in [9.17, 15) is 9.59 Å². The molecule has 0 aliphatic rings. The van der Waals surface area contributed by atoms with Crippen LogP contribution in [-0.4, -0.2) is 27.4 Å². The molecule has 0 aliphatic heterocycles. The minimum absolute atomic E-state index is 0.0642. The number of carbonyl (C=O) groups excluding carboxylic acids is 1. The van der Waals surface area contributed by atoms with E-state index in [1.165, 1.54) is 11.3 Å². The number of nitrogens with zero attached hydrogens (tertiary/aromatic N) is 2. The van der Waals surface area contributed by atoms with E-state index in [1.807, 2.05) is 49.6 Å². The summed E-state index contributed by atoms with van der Waals surface area (Å²) < 4.78 is 1.02. The summed E-state index contributed by atoms with van der Waals surface area (Å²) >= 11 is 2.55. The van der Waals surface area contributed by atoms with E-state index in [-0.39, 0.29) is 23.3 Å². The van der Waals surface area contributed by atoms with Crippen LogP contribution in [-0.2, 0) is 4.79 Å². The van der Waals surface area contributed by atoms with Crippen LogP contribution in [0.25, 0.3) is 21.3 Å². The van der Waals surface area contributed by atoms with Crippen molar-refractivity contribution in [3.63, 3.8) is 0 Å². The van der Waals surface area contributed by atoms with Gasteiger partial charge in [-0.1, -0.05) is 42.1 Å². The molecule has 0 bridgehead atoms. The van der Waals surface area contributed by atoms with Crippen LogP contribution in [0.2, 0.25) is 0 Å². The fourth-order valence-electron chi connectivity index (χ4n) is 2.41. The van der Waals surface area contributed by atoms with Crippen molar-refractivity contribution in [2.45, 2.75) is 25.0 Å². The highest BCUT2D eigenvalue weighted by Crippen LogP contribution is 2.31. The Morgan fingerprint density at radius 2 is 2.08 bits per heavy atom. The normalized spacial score (nSPS) is 11.2. The molecule has 0 spiro atoms. The number of nitrogen functional groups attached to an aromatic ring is 1. The zero-order valence-corrected chi connectivity index (χ0v) is 15.5. The van der Waals surface area contributed by atoms with Crippen molar-refractivity contribution in [3.05, 3.63) is 46.1 Å². The quantitative estimate of drug-likeness (QED) is 0.407. The fraction of sp³-hybridized carbons (Fsp3) is 0.235. The van der Waals surface area contributed by atoms with Crippen LogP contribution in [0.15, 0.2) is 45.7 Å². The fourth-order valence-corrected chi connectivity index (χ4v) is 4.13. The molecule has 8 heteroatoms. The van der Waals surface area contributed by atoms with Crippen molar-refractivity contribution in [1.29, 1.82) is 0 Å². The number of hydrogen-bond donors (Lipinski definition) is 2. The van der Waals surface area contributed by atoms with Crippen molar-refractivity contribution in [2.24, 2.45) is 0 Å². The first-order chi connectivity index (χ1) is 12.0. The molecule has 0 saturated carbocycles. The topological polar surface area (TPSA) is 90.0 Å². The molecule has 1 aromatic carbocycles. The lowest BCUT2D eigenvalue weighted by Crippen LogP contribution is -2.33. The molecule has 0 radical (unpaired) electrons. The van der Waals surface area contributed by atoms with Crippen LogP contribution in [0, 0.1) is 0 Å². The van der Waals surface area contributed by atoms with E-state index < -0.39 is 0 Å². The van der Waals surface area contributed by atoms with Crippen molar-refractivity contribution >= 4 is 39.2 Å². The Morgan fingerprint density at radius 1 is 1.36 bits per heavy atom. The lowest BCUT2D eigenvalue weighted by molar-refractivity contribution is -0.119. The van der Waals surface area contributed by atoms with Crippen LogP contribution < -0.4 is 16.7 Å². The number of thioether (sulfide) groups is 1. The Hall–Kier alpha value is -2.32. The lowest BCUT2D eigenvalue weighted by atomic mass is 10.1. The zero-order valence-electron chi connectivity index (χ0n) is 13.9. The maximum Gasteiger partial charge on any atom is 0.282 e. The first kappa shape index (κ1) is 17.5. The van der Waals surface area contributed by atoms with Crippen LogP contribution in [0.1, 0.15) is 13.8 Å². The molecule has 6 nitrogen and oxygen atoms in total. The third-order valence-electron chi connectivity index (χ3n) is 3.47. The van der Waals surface area contributed by atoms with Crippen LogP contribution in [0.5, 0.6) is 0 Å². The summed E-state index contributed by atoms with van der Waals surface area (Å²) in [5.74, 6) is 5.97. The van der Waals surface area contributed by atoms with Gasteiger partial charge in [0.15, 0.2) is 5.16 Å². The Bertz CT molecular complexity index is 964. The summed E-state index contributed by atoms with van der Waals surface area (Å²) in [5.41, 5.74) is 1.47. The number of rotatable bonds is 5. The minimum Gasteiger partial charge on any atom is -0.353 e. The van der Waals surface area contributed by atoms with Gasteiger partial charge in [0.2, 0.25) is 5.91 Å². The van der Waals surface area contributed by atoms with Crippen molar-refractivity contribution < 1.29 is 4.79 Å². The number of nitrogens with two attached hydrogens (primary N) is 1. The second-order valence-corrected chi connectivity index (χ2v) is 7.58. The third-order valence-corrected chi connectivity index (χ3v) is 5.30. The van der Waals surface area contributed by atoms with Gasteiger partial charge in [-0.3, -0.25) is 9.59 Å². The van der Waals surface area contributed by atoms with Crippen LogP contribution in [0.3, 0.4) is 0 Å². The largest absolute Gasteiger partial charge is 0.353 e. The first-order valence-electron chi connectivity index (χ1n) is 7.74. The third kappa shape index (κ3) is 3.69. The van der Waals surface area contributed by atoms with Gasteiger partial charge < -0.3 is 11.2 Å².